The van der Waals surface area contributed by atoms with Crippen molar-refractivity contribution in [3.63, 3.8) is 0 Å². The fourth-order valence-electron chi connectivity index (χ4n) is 3.21. The van der Waals surface area contributed by atoms with Gasteiger partial charge in [0.15, 0.2) is 0 Å². The van der Waals surface area contributed by atoms with E-state index in [-0.39, 0.29) is 17.7 Å². The van der Waals surface area contributed by atoms with Crippen LogP contribution in [0.25, 0.3) is 0 Å². The Bertz CT molecular complexity index is 590. The number of nitrogens with one attached hydrogen (secondary N) is 2. The molecular formula is C17H22ClN3O2. The van der Waals surface area contributed by atoms with Crippen LogP contribution >= 0.6 is 11.6 Å². The number of anilines is 2. The molecule has 2 heterocycles. The smallest absolute Gasteiger partial charge is 0.229 e. The number of rotatable bonds is 3. The molecule has 0 aliphatic carbocycles. The minimum atomic E-state index is -0.180. The van der Waals surface area contributed by atoms with E-state index in [2.05, 4.69) is 15.5 Å². The Labute approximate surface area is 141 Å². The van der Waals surface area contributed by atoms with Gasteiger partial charge in [-0.3, -0.25) is 9.59 Å². The Balaban J connectivity index is 1.74. The zero-order valence-electron chi connectivity index (χ0n) is 13.1. The lowest BCUT2D eigenvalue weighted by Gasteiger charge is -2.31. The molecule has 2 aliphatic rings. The molecule has 1 aromatic carbocycles. The molecular weight excluding hydrogens is 314 g/mol. The van der Waals surface area contributed by atoms with Gasteiger partial charge in [0.2, 0.25) is 11.8 Å². The average Bonchev–Trinajstić information content (AvgIpc) is 2.56. The second-order valence-electron chi connectivity index (χ2n) is 6.24. The van der Waals surface area contributed by atoms with Gasteiger partial charge in [0.05, 0.1) is 17.3 Å². The number of hydrogen-bond donors (Lipinski definition) is 2. The van der Waals surface area contributed by atoms with E-state index in [0.717, 1.165) is 24.5 Å². The summed E-state index contributed by atoms with van der Waals surface area (Å²) in [4.78, 5) is 26.0. The number of carbonyl (C=O) groups excluding carboxylic acids is 2. The summed E-state index contributed by atoms with van der Waals surface area (Å²) in [6.07, 6.45) is 4.60. The first-order chi connectivity index (χ1) is 11.1. The number of amides is 2. The van der Waals surface area contributed by atoms with E-state index in [1.165, 1.54) is 19.3 Å². The third-order valence-corrected chi connectivity index (χ3v) is 4.78. The van der Waals surface area contributed by atoms with E-state index in [1.54, 1.807) is 0 Å². The normalized spacial score (nSPS) is 21.7. The van der Waals surface area contributed by atoms with Gasteiger partial charge in [-0.05, 0) is 43.9 Å². The minimum absolute atomic E-state index is 0.0193. The third-order valence-electron chi connectivity index (χ3n) is 4.55. The molecule has 2 fully saturated rings. The van der Waals surface area contributed by atoms with Gasteiger partial charge in [0, 0.05) is 31.1 Å². The van der Waals surface area contributed by atoms with Gasteiger partial charge in [0.1, 0.15) is 0 Å². The molecule has 3 rings (SSSR count). The van der Waals surface area contributed by atoms with Gasteiger partial charge in [-0.1, -0.05) is 11.6 Å². The molecule has 0 spiro atoms. The zero-order chi connectivity index (χ0) is 16.2. The Morgan fingerprint density at radius 3 is 2.74 bits per heavy atom. The number of halogens is 1. The molecule has 2 saturated heterocycles. The first-order valence-corrected chi connectivity index (χ1v) is 8.63. The van der Waals surface area contributed by atoms with Crippen LogP contribution in [0, 0.1) is 5.92 Å². The minimum Gasteiger partial charge on any atom is -0.370 e. The van der Waals surface area contributed by atoms with Crippen molar-refractivity contribution in [2.24, 2.45) is 5.92 Å². The maximum absolute atomic E-state index is 12.5. The molecule has 0 radical (unpaired) electrons. The second kappa shape index (κ2) is 7.21. The molecule has 2 aliphatic heterocycles. The van der Waals surface area contributed by atoms with Crippen molar-refractivity contribution in [1.29, 1.82) is 0 Å². The lowest BCUT2D eigenvalue weighted by molar-refractivity contribution is -0.126. The molecule has 6 heteroatoms. The van der Waals surface area contributed by atoms with E-state index in [0.29, 0.717) is 24.4 Å². The molecule has 0 saturated carbocycles. The van der Waals surface area contributed by atoms with E-state index >= 15 is 0 Å². The van der Waals surface area contributed by atoms with Crippen LogP contribution in [-0.4, -0.2) is 31.4 Å². The van der Waals surface area contributed by atoms with E-state index in [1.807, 2.05) is 18.2 Å². The predicted octanol–water partition coefficient (Wildman–Crippen LogP) is 2.80. The van der Waals surface area contributed by atoms with Crippen molar-refractivity contribution >= 4 is 34.8 Å². The summed E-state index contributed by atoms with van der Waals surface area (Å²) in [5.41, 5.74) is 1.79. The number of piperidine rings is 2. The van der Waals surface area contributed by atoms with E-state index in [9.17, 15) is 9.59 Å². The van der Waals surface area contributed by atoms with E-state index < -0.39 is 0 Å². The zero-order valence-corrected chi connectivity index (χ0v) is 13.9. The number of carbonyl (C=O) groups is 2. The van der Waals surface area contributed by atoms with Crippen LogP contribution in [0.3, 0.4) is 0 Å². The molecule has 0 aromatic heterocycles. The highest BCUT2D eigenvalue weighted by molar-refractivity contribution is 6.31. The fourth-order valence-corrected chi connectivity index (χ4v) is 3.38. The summed E-state index contributed by atoms with van der Waals surface area (Å²) in [5.74, 6) is -0.211. The quantitative estimate of drug-likeness (QED) is 0.893. The Kier molecular flexibility index (Phi) is 5.06. The molecule has 124 valence electrons. The van der Waals surface area contributed by atoms with Gasteiger partial charge in [-0.2, -0.15) is 0 Å². The van der Waals surface area contributed by atoms with E-state index in [4.69, 9.17) is 11.6 Å². The first-order valence-electron chi connectivity index (χ1n) is 8.25. The molecule has 2 amide bonds. The summed E-state index contributed by atoms with van der Waals surface area (Å²) in [6.45, 7) is 2.41. The van der Waals surface area contributed by atoms with Crippen molar-refractivity contribution in [3.8, 4) is 0 Å². The standard InChI is InChI=1S/C17H22ClN3O2/c18-13-5-6-15(21-8-2-1-3-9-21)14(10-13)20-17(23)12-4-7-16(22)19-11-12/h5-6,10,12H,1-4,7-9,11H2,(H,19,22)(H,20,23)/t12-/m1/s1. The molecule has 2 N–H and O–H groups in total. The predicted molar refractivity (Wildman–Crippen MR) is 91.9 cm³/mol. The van der Waals surface area contributed by atoms with Crippen molar-refractivity contribution < 1.29 is 9.59 Å². The highest BCUT2D eigenvalue weighted by Crippen LogP contribution is 2.31. The van der Waals surface area contributed by atoms with Crippen LogP contribution in [0.1, 0.15) is 32.1 Å². The Morgan fingerprint density at radius 2 is 2.04 bits per heavy atom. The Morgan fingerprint density at radius 1 is 1.26 bits per heavy atom. The lowest BCUT2D eigenvalue weighted by Crippen LogP contribution is -2.40. The van der Waals surface area contributed by atoms with Gasteiger partial charge in [-0.25, -0.2) is 0 Å². The van der Waals surface area contributed by atoms with Crippen LogP contribution in [0.2, 0.25) is 5.02 Å². The highest BCUT2D eigenvalue weighted by Gasteiger charge is 2.25. The van der Waals surface area contributed by atoms with Gasteiger partial charge in [0.25, 0.3) is 0 Å². The van der Waals surface area contributed by atoms with Gasteiger partial charge >= 0.3 is 0 Å². The van der Waals surface area contributed by atoms with Crippen molar-refractivity contribution in [2.45, 2.75) is 32.1 Å². The number of hydrogen-bond acceptors (Lipinski definition) is 3. The molecule has 0 bridgehead atoms. The third kappa shape index (κ3) is 3.96. The molecule has 0 unspecified atom stereocenters. The molecule has 1 aromatic rings. The van der Waals surface area contributed by atoms with Crippen molar-refractivity contribution in [3.05, 3.63) is 23.2 Å². The maximum Gasteiger partial charge on any atom is 0.229 e. The maximum atomic E-state index is 12.5. The van der Waals surface area contributed by atoms with Gasteiger partial charge in [-0.15, -0.1) is 0 Å². The van der Waals surface area contributed by atoms with Crippen LogP contribution in [0.5, 0.6) is 0 Å². The molecule has 5 nitrogen and oxygen atoms in total. The summed E-state index contributed by atoms with van der Waals surface area (Å²) < 4.78 is 0. The summed E-state index contributed by atoms with van der Waals surface area (Å²) >= 11 is 6.12. The molecule has 23 heavy (non-hydrogen) atoms. The first kappa shape index (κ1) is 16.1. The number of nitrogens with zero attached hydrogens (tertiary/aromatic N) is 1. The van der Waals surface area contributed by atoms with Crippen molar-refractivity contribution in [2.75, 3.05) is 29.9 Å². The van der Waals surface area contributed by atoms with Crippen LogP contribution in [0.15, 0.2) is 18.2 Å². The molecule has 1 atom stereocenters. The van der Waals surface area contributed by atoms with Crippen LogP contribution in [-0.2, 0) is 9.59 Å². The SMILES string of the molecule is O=C1CC[C@@H](C(=O)Nc2cc(Cl)ccc2N2CCCCC2)CN1. The summed E-state index contributed by atoms with van der Waals surface area (Å²) in [7, 11) is 0. The summed E-state index contributed by atoms with van der Waals surface area (Å²) in [5, 5.41) is 6.38. The second-order valence-corrected chi connectivity index (χ2v) is 6.67. The average molecular weight is 336 g/mol. The van der Waals surface area contributed by atoms with Gasteiger partial charge < -0.3 is 15.5 Å². The summed E-state index contributed by atoms with van der Waals surface area (Å²) in [6, 6.07) is 5.65. The monoisotopic (exact) mass is 335 g/mol. The Hall–Kier alpha value is -1.75. The lowest BCUT2D eigenvalue weighted by atomic mass is 9.98. The van der Waals surface area contributed by atoms with Crippen LogP contribution < -0.4 is 15.5 Å². The van der Waals surface area contributed by atoms with Crippen molar-refractivity contribution in [1.82, 2.24) is 5.32 Å². The number of benzene rings is 1. The highest BCUT2D eigenvalue weighted by atomic mass is 35.5. The largest absolute Gasteiger partial charge is 0.370 e. The topological polar surface area (TPSA) is 61.4 Å². The fraction of sp³-hybridized carbons (Fsp3) is 0.529. The van der Waals surface area contributed by atoms with Crippen LogP contribution in [0.4, 0.5) is 11.4 Å².